The molecule has 15 heavy (non-hydrogen) atoms. The van der Waals surface area contributed by atoms with Gasteiger partial charge < -0.3 is 15.7 Å². The molecule has 0 spiro atoms. The molecule has 0 bridgehead atoms. The number of hydrogen-bond donors (Lipinski definition) is 2. The number of aliphatic hydroxyl groups excluding tert-OH is 1. The fraction of sp³-hybridized carbons (Fsp3) is 0.500. The van der Waals surface area contributed by atoms with E-state index in [1.165, 1.54) is 5.56 Å². The van der Waals surface area contributed by atoms with Gasteiger partial charge in [-0.05, 0) is 19.0 Å². The lowest BCUT2D eigenvalue weighted by atomic mass is 10.1. The summed E-state index contributed by atoms with van der Waals surface area (Å²) in [4.78, 5) is 2.15. The first-order chi connectivity index (χ1) is 7.22. The zero-order valence-corrected chi connectivity index (χ0v) is 9.26. The second-order valence-corrected chi connectivity index (χ2v) is 3.94. The molecule has 0 aromatic heterocycles. The molecule has 1 unspecified atom stereocenters. The highest BCUT2D eigenvalue weighted by atomic mass is 16.3. The van der Waals surface area contributed by atoms with E-state index in [0.29, 0.717) is 0 Å². The first-order valence-corrected chi connectivity index (χ1v) is 5.31. The van der Waals surface area contributed by atoms with Crippen molar-refractivity contribution in [3.63, 3.8) is 0 Å². The predicted octanol–water partition coefficient (Wildman–Crippen LogP) is 0.481. The average molecular weight is 208 g/mol. The summed E-state index contributed by atoms with van der Waals surface area (Å²) in [5.41, 5.74) is 6.99. The fourth-order valence-corrected chi connectivity index (χ4v) is 1.51. The molecule has 1 aromatic carbocycles. The van der Waals surface area contributed by atoms with Crippen molar-refractivity contribution in [2.75, 3.05) is 26.7 Å². The van der Waals surface area contributed by atoms with Crippen LogP contribution in [0, 0.1) is 0 Å². The van der Waals surface area contributed by atoms with Gasteiger partial charge in [0, 0.05) is 19.1 Å². The van der Waals surface area contributed by atoms with Crippen LogP contribution in [0.15, 0.2) is 30.3 Å². The van der Waals surface area contributed by atoms with Crippen LogP contribution in [0.2, 0.25) is 0 Å². The minimum Gasteiger partial charge on any atom is -0.395 e. The number of aliphatic hydroxyl groups is 1. The van der Waals surface area contributed by atoms with E-state index in [1.54, 1.807) is 0 Å². The highest BCUT2D eigenvalue weighted by Crippen LogP contribution is 2.00. The summed E-state index contributed by atoms with van der Waals surface area (Å²) in [6.45, 7) is 1.76. The summed E-state index contributed by atoms with van der Waals surface area (Å²) >= 11 is 0. The molecular formula is C12H20N2O. The molecular weight excluding hydrogens is 188 g/mol. The van der Waals surface area contributed by atoms with Crippen molar-refractivity contribution in [2.24, 2.45) is 5.73 Å². The van der Waals surface area contributed by atoms with Crippen molar-refractivity contribution in [3.05, 3.63) is 35.9 Å². The topological polar surface area (TPSA) is 49.5 Å². The maximum atomic E-state index is 8.82. The van der Waals surface area contributed by atoms with Crippen LogP contribution in [0.5, 0.6) is 0 Å². The molecule has 0 aliphatic heterocycles. The van der Waals surface area contributed by atoms with Gasteiger partial charge in [0.15, 0.2) is 0 Å². The van der Waals surface area contributed by atoms with E-state index in [2.05, 4.69) is 29.2 Å². The first-order valence-electron chi connectivity index (χ1n) is 5.31. The second kappa shape index (κ2) is 6.56. The third-order valence-corrected chi connectivity index (χ3v) is 2.41. The van der Waals surface area contributed by atoms with Crippen molar-refractivity contribution in [2.45, 2.75) is 12.5 Å². The van der Waals surface area contributed by atoms with Crippen molar-refractivity contribution in [1.82, 2.24) is 4.90 Å². The van der Waals surface area contributed by atoms with E-state index in [9.17, 15) is 0 Å². The number of nitrogens with two attached hydrogens (primary N) is 1. The van der Waals surface area contributed by atoms with Gasteiger partial charge >= 0.3 is 0 Å². The van der Waals surface area contributed by atoms with Gasteiger partial charge in [-0.2, -0.15) is 0 Å². The highest BCUT2D eigenvalue weighted by molar-refractivity contribution is 5.14. The van der Waals surface area contributed by atoms with Crippen LogP contribution < -0.4 is 5.73 Å². The molecule has 0 saturated heterocycles. The van der Waals surface area contributed by atoms with Crippen molar-refractivity contribution < 1.29 is 5.11 Å². The minimum atomic E-state index is -0.134. The highest BCUT2D eigenvalue weighted by Gasteiger charge is 2.04. The van der Waals surface area contributed by atoms with E-state index in [4.69, 9.17) is 10.8 Å². The molecule has 3 nitrogen and oxygen atoms in total. The summed E-state index contributed by atoms with van der Waals surface area (Å²) in [5, 5.41) is 8.82. The zero-order chi connectivity index (χ0) is 11.1. The van der Waals surface area contributed by atoms with Gasteiger partial charge in [-0.25, -0.2) is 0 Å². The van der Waals surface area contributed by atoms with E-state index < -0.39 is 0 Å². The largest absolute Gasteiger partial charge is 0.395 e. The summed E-state index contributed by atoms with van der Waals surface area (Å²) in [7, 11) is 2.03. The van der Waals surface area contributed by atoms with Gasteiger partial charge in [0.25, 0.3) is 0 Å². The van der Waals surface area contributed by atoms with E-state index >= 15 is 0 Å². The predicted molar refractivity (Wildman–Crippen MR) is 62.7 cm³/mol. The number of rotatable bonds is 6. The molecule has 84 valence electrons. The van der Waals surface area contributed by atoms with E-state index in [0.717, 1.165) is 19.5 Å². The number of likely N-dealkylation sites (N-methyl/N-ethyl adjacent to an activating group) is 1. The summed E-state index contributed by atoms with van der Waals surface area (Å²) in [5.74, 6) is 0. The number of nitrogens with zero attached hydrogens (tertiary/aromatic N) is 1. The Kier molecular flexibility index (Phi) is 5.32. The second-order valence-electron chi connectivity index (χ2n) is 3.94. The number of hydrogen-bond acceptors (Lipinski definition) is 3. The van der Waals surface area contributed by atoms with Gasteiger partial charge in [-0.3, -0.25) is 0 Å². The monoisotopic (exact) mass is 208 g/mol. The van der Waals surface area contributed by atoms with E-state index in [1.807, 2.05) is 13.1 Å². The minimum absolute atomic E-state index is 0.0513. The Labute approximate surface area is 91.5 Å². The fourth-order valence-electron chi connectivity index (χ4n) is 1.51. The SMILES string of the molecule is CN(CCc1ccccc1)CC(N)CO. The molecule has 0 heterocycles. The molecule has 3 N–H and O–H groups in total. The Morgan fingerprint density at radius 1 is 1.33 bits per heavy atom. The van der Waals surface area contributed by atoms with Gasteiger partial charge in [-0.15, -0.1) is 0 Å². The summed E-state index contributed by atoms with van der Waals surface area (Å²) < 4.78 is 0. The van der Waals surface area contributed by atoms with Crippen LogP contribution in [0.1, 0.15) is 5.56 Å². The Morgan fingerprint density at radius 2 is 2.00 bits per heavy atom. The molecule has 0 saturated carbocycles. The van der Waals surface area contributed by atoms with Crippen molar-refractivity contribution in [3.8, 4) is 0 Å². The molecule has 1 atom stereocenters. The third kappa shape index (κ3) is 4.93. The first kappa shape index (κ1) is 12.2. The number of benzene rings is 1. The van der Waals surface area contributed by atoms with Gasteiger partial charge in [0.2, 0.25) is 0 Å². The molecule has 0 amide bonds. The third-order valence-electron chi connectivity index (χ3n) is 2.41. The van der Waals surface area contributed by atoms with E-state index in [-0.39, 0.29) is 12.6 Å². The Hall–Kier alpha value is -0.900. The lowest BCUT2D eigenvalue weighted by Gasteiger charge is -2.19. The Balaban J connectivity index is 2.25. The van der Waals surface area contributed by atoms with Gasteiger partial charge in [-0.1, -0.05) is 30.3 Å². The Morgan fingerprint density at radius 3 is 2.60 bits per heavy atom. The molecule has 1 rings (SSSR count). The Bertz CT molecular complexity index is 264. The lowest BCUT2D eigenvalue weighted by molar-refractivity contribution is 0.223. The van der Waals surface area contributed by atoms with Crippen LogP contribution in [0.3, 0.4) is 0 Å². The van der Waals surface area contributed by atoms with Crippen LogP contribution in [-0.4, -0.2) is 42.8 Å². The zero-order valence-electron chi connectivity index (χ0n) is 9.26. The summed E-state index contributed by atoms with van der Waals surface area (Å²) in [6, 6.07) is 10.2. The van der Waals surface area contributed by atoms with Crippen LogP contribution in [0.25, 0.3) is 0 Å². The summed E-state index contributed by atoms with van der Waals surface area (Å²) in [6.07, 6.45) is 1.02. The van der Waals surface area contributed by atoms with Crippen LogP contribution in [-0.2, 0) is 6.42 Å². The molecule has 3 heteroatoms. The van der Waals surface area contributed by atoms with Gasteiger partial charge in [0.05, 0.1) is 6.61 Å². The molecule has 0 aliphatic carbocycles. The normalized spacial score (nSPS) is 13.1. The maximum absolute atomic E-state index is 8.82. The maximum Gasteiger partial charge on any atom is 0.0595 e. The molecule has 0 radical (unpaired) electrons. The van der Waals surface area contributed by atoms with Crippen LogP contribution >= 0.6 is 0 Å². The average Bonchev–Trinajstić information content (AvgIpc) is 2.27. The quantitative estimate of drug-likeness (QED) is 0.715. The molecule has 1 aromatic rings. The molecule has 0 fully saturated rings. The molecule has 0 aliphatic rings. The van der Waals surface area contributed by atoms with Crippen molar-refractivity contribution in [1.29, 1.82) is 0 Å². The van der Waals surface area contributed by atoms with Crippen molar-refractivity contribution >= 4 is 0 Å². The smallest absolute Gasteiger partial charge is 0.0595 e. The lowest BCUT2D eigenvalue weighted by Crippen LogP contribution is -2.38. The van der Waals surface area contributed by atoms with Crippen LogP contribution in [0.4, 0.5) is 0 Å². The van der Waals surface area contributed by atoms with Gasteiger partial charge in [0.1, 0.15) is 0 Å². The standard InChI is InChI=1S/C12H20N2O/c1-14(9-12(13)10-15)8-7-11-5-3-2-4-6-11/h2-6,12,15H,7-10,13H2,1H3.